The minimum Gasteiger partial charge on any atom is -0.354 e. The van der Waals surface area contributed by atoms with Crippen LogP contribution in [0.1, 0.15) is 32.3 Å². The summed E-state index contributed by atoms with van der Waals surface area (Å²) in [5.41, 5.74) is 11.4. The van der Waals surface area contributed by atoms with Crippen LogP contribution in [0.15, 0.2) is 127 Å². The fourth-order valence-corrected chi connectivity index (χ4v) is 6.93. The van der Waals surface area contributed by atoms with Gasteiger partial charge in [0, 0.05) is 38.7 Å². The second-order valence-electron chi connectivity index (χ2n) is 11.4. The van der Waals surface area contributed by atoms with Crippen LogP contribution in [0.4, 0.5) is 11.4 Å². The van der Waals surface area contributed by atoms with Gasteiger partial charge in [0.1, 0.15) is 0 Å². The Balaban J connectivity index is 1.39. The van der Waals surface area contributed by atoms with Crippen LogP contribution in [0.3, 0.4) is 0 Å². The number of aromatic nitrogens is 1. The van der Waals surface area contributed by atoms with Crippen LogP contribution in [0.5, 0.6) is 0 Å². The summed E-state index contributed by atoms with van der Waals surface area (Å²) in [6, 6.07) is 37.8. The molecule has 1 aliphatic carbocycles. The molecule has 1 N–H and O–H groups in total. The number of benzene rings is 5. The second kappa shape index (κ2) is 8.22. The van der Waals surface area contributed by atoms with Gasteiger partial charge in [0.05, 0.1) is 11.2 Å². The zero-order valence-corrected chi connectivity index (χ0v) is 22.3. The van der Waals surface area contributed by atoms with Crippen molar-refractivity contribution in [3.8, 4) is 11.1 Å². The van der Waals surface area contributed by atoms with E-state index in [1.54, 1.807) is 0 Å². The molecule has 0 fully saturated rings. The summed E-state index contributed by atoms with van der Waals surface area (Å²) in [4.78, 5) is 6.27. The van der Waals surface area contributed by atoms with E-state index in [0.29, 0.717) is 0 Å². The summed E-state index contributed by atoms with van der Waals surface area (Å²) in [7, 11) is 0. The van der Waals surface area contributed by atoms with E-state index in [0.717, 1.165) is 12.8 Å². The van der Waals surface area contributed by atoms with Crippen molar-refractivity contribution in [2.24, 2.45) is 0 Å². The van der Waals surface area contributed by atoms with E-state index >= 15 is 0 Å². The van der Waals surface area contributed by atoms with E-state index in [1.165, 1.54) is 71.9 Å². The molecule has 0 saturated heterocycles. The van der Waals surface area contributed by atoms with Gasteiger partial charge in [-0.25, -0.2) is 0 Å². The number of hydrogen-bond acceptors (Lipinski definition) is 1. The molecule has 8 rings (SSSR count). The van der Waals surface area contributed by atoms with Crippen LogP contribution in [0.25, 0.3) is 43.7 Å². The van der Waals surface area contributed by atoms with Crippen molar-refractivity contribution in [1.29, 1.82) is 0 Å². The summed E-state index contributed by atoms with van der Waals surface area (Å²) in [5, 5.41) is 5.15. The highest BCUT2D eigenvalue weighted by Crippen LogP contribution is 2.52. The van der Waals surface area contributed by atoms with Gasteiger partial charge in [0.2, 0.25) is 0 Å². The number of allylic oxidation sites excluding steroid dienone is 3. The van der Waals surface area contributed by atoms with Gasteiger partial charge >= 0.3 is 0 Å². The zero-order chi connectivity index (χ0) is 26.1. The van der Waals surface area contributed by atoms with Gasteiger partial charge in [-0.2, -0.15) is 0 Å². The summed E-state index contributed by atoms with van der Waals surface area (Å²) < 4.78 is 0. The average Bonchev–Trinajstić information content (AvgIpc) is 3.37. The Kier molecular flexibility index (Phi) is 4.73. The second-order valence-corrected chi connectivity index (χ2v) is 11.4. The van der Waals surface area contributed by atoms with Gasteiger partial charge < -0.3 is 9.88 Å². The third-order valence-corrected chi connectivity index (χ3v) is 8.80. The SMILES string of the molecule is CC1(C)C2=CCCC=C2N(c2ccccc2)c2cc(-c3cccc4c3[nH]c3ccc5ccccc5c34)ccc21. The Morgan fingerprint density at radius 3 is 2.41 bits per heavy atom. The molecule has 1 aromatic heterocycles. The van der Waals surface area contributed by atoms with E-state index in [4.69, 9.17) is 0 Å². The normalized spacial score (nSPS) is 16.2. The number of rotatable bonds is 2. The monoisotopic (exact) mass is 502 g/mol. The third kappa shape index (κ3) is 3.21. The lowest BCUT2D eigenvalue weighted by Crippen LogP contribution is -2.36. The first-order valence-corrected chi connectivity index (χ1v) is 13.9. The molecule has 2 nitrogen and oxygen atoms in total. The van der Waals surface area contributed by atoms with Crippen LogP contribution >= 0.6 is 0 Å². The summed E-state index contributed by atoms with van der Waals surface area (Å²) in [5.74, 6) is 0. The van der Waals surface area contributed by atoms with Crippen LogP contribution in [-0.2, 0) is 5.41 Å². The molecule has 0 unspecified atom stereocenters. The summed E-state index contributed by atoms with van der Waals surface area (Å²) >= 11 is 0. The molecule has 0 spiro atoms. The Bertz CT molecular complexity index is 1990. The van der Waals surface area contributed by atoms with Crippen molar-refractivity contribution in [1.82, 2.24) is 4.98 Å². The van der Waals surface area contributed by atoms with Gasteiger partial charge in [0.15, 0.2) is 0 Å². The highest BCUT2D eigenvalue weighted by atomic mass is 15.2. The average molecular weight is 503 g/mol. The number of hydrogen-bond donors (Lipinski definition) is 1. The molecular weight excluding hydrogens is 472 g/mol. The molecule has 0 radical (unpaired) electrons. The summed E-state index contributed by atoms with van der Waals surface area (Å²) in [6.45, 7) is 4.75. The first-order chi connectivity index (χ1) is 19.1. The van der Waals surface area contributed by atoms with Crippen molar-refractivity contribution in [2.45, 2.75) is 32.1 Å². The molecule has 0 saturated carbocycles. The van der Waals surface area contributed by atoms with Gasteiger partial charge in [-0.15, -0.1) is 0 Å². The standard InChI is InChI=1S/C37H30N2/c1-37(2)30-17-8-9-18-33(30)39(26-12-4-3-5-13-26)34-23-25(19-21-31(34)37)28-15-10-16-29-35-27-14-7-6-11-24(27)20-22-32(35)38-36(28)29/h3-7,10-23,38H,8-9H2,1-2H3. The van der Waals surface area contributed by atoms with Gasteiger partial charge in [-0.1, -0.05) is 105 Å². The minimum atomic E-state index is -0.0581. The van der Waals surface area contributed by atoms with Crippen LogP contribution < -0.4 is 4.90 Å². The number of para-hydroxylation sites is 2. The maximum atomic E-state index is 3.79. The Morgan fingerprint density at radius 2 is 1.51 bits per heavy atom. The largest absolute Gasteiger partial charge is 0.354 e. The highest BCUT2D eigenvalue weighted by molar-refractivity contribution is 6.22. The predicted octanol–water partition coefficient (Wildman–Crippen LogP) is 10.2. The van der Waals surface area contributed by atoms with Gasteiger partial charge in [-0.3, -0.25) is 0 Å². The maximum Gasteiger partial charge on any atom is 0.0544 e. The topological polar surface area (TPSA) is 19.0 Å². The lowest BCUT2D eigenvalue weighted by atomic mass is 9.70. The minimum absolute atomic E-state index is 0.0581. The van der Waals surface area contributed by atoms with Gasteiger partial charge in [0.25, 0.3) is 0 Å². The number of aromatic amines is 1. The predicted molar refractivity (Wildman–Crippen MR) is 166 cm³/mol. The van der Waals surface area contributed by atoms with Crippen molar-refractivity contribution < 1.29 is 0 Å². The molecule has 0 bridgehead atoms. The van der Waals surface area contributed by atoms with E-state index in [1.807, 2.05) is 0 Å². The Labute approximate surface area is 228 Å². The maximum absolute atomic E-state index is 3.79. The molecule has 6 aromatic rings. The number of nitrogens with one attached hydrogen (secondary N) is 1. The quantitative estimate of drug-likeness (QED) is 0.249. The molecular formula is C37H30N2. The smallest absolute Gasteiger partial charge is 0.0544 e. The van der Waals surface area contributed by atoms with Crippen LogP contribution in [0, 0.1) is 0 Å². The third-order valence-electron chi connectivity index (χ3n) is 8.80. The van der Waals surface area contributed by atoms with Crippen LogP contribution in [-0.4, -0.2) is 4.98 Å². The molecule has 2 heterocycles. The first kappa shape index (κ1) is 22.4. The summed E-state index contributed by atoms with van der Waals surface area (Å²) in [6.07, 6.45) is 7.08. The van der Waals surface area contributed by atoms with E-state index < -0.39 is 0 Å². The number of H-pyrrole nitrogens is 1. The fraction of sp³-hybridized carbons (Fsp3) is 0.135. The molecule has 2 aliphatic rings. The van der Waals surface area contributed by atoms with Gasteiger partial charge in [-0.05, 0) is 64.6 Å². The van der Waals surface area contributed by atoms with Crippen molar-refractivity contribution in [3.63, 3.8) is 0 Å². The molecule has 0 amide bonds. The molecule has 39 heavy (non-hydrogen) atoms. The number of fused-ring (bicyclic) bond motifs is 7. The zero-order valence-electron chi connectivity index (χ0n) is 22.3. The number of nitrogens with zero attached hydrogens (tertiary/aromatic N) is 1. The first-order valence-electron chi connectivity index (χ1n) is 13.9. The molecule has 0 atom stereocenters. The van der Waals surface area contributed by atoms with Crippen molar-refractivity contribution >= 4 is 44.0 Å². The van der Waals surface area contributed by atoms with E-state index in [2.05, 4.69) is 139 Å². The van der Waals surface area contributed by atoms with E-state index in [9.17, 15) is 0 Å². The fourth-order valence-electron chi connectivity index (χ4n) is 6.93. The van der Waals surface area contributed by atoms with E-state index in [-0.39, 0.29) is 5.41 Å². The number of anilines is 2. The molecule has 5 aromatic carbocycles. The van der Waals surface area contributed by atoms with Crippen molar-refractivity contribution in [3.05, 3.63) is 132 Å². The Morgan fingerprint density at radius 1 is 0.718 bits per heavy atom. The highest BCUT2D eigenvalue weighted by Gasteiger charge is 2.40. The lowest BCUT2D eigenvalue weighted by molar-refractivity contribution is 0.603. The lowest BCUT2D eigenvalue weighted by Gasteiger charge is -2.45. The Hall–Kier alpha value is -4.56. The van der Waals surface area contributed by atoms with Crippen LogP contribution in [0.2, 0.25) is 0 Å². The molecule has 2 heteroatoms. The molecule has 1 aliphatic heterocycles. The van der Waals surface area contributed by atoms with Crippen molar-refractivity contribution in [2.75, 3.05) is 4.90 Å². The molecule has 188 valence electrons.